The number of benzene rings is 1. The Morgan fingerprint density at radius 2 is 2.07 bits per heavy atom. The lowest BCUT2D eigenvalue weighted by Gasteiger charge is -2.14. The molecule has 0 atom stereocenters. The molecule has 2 rings (SSSR count). The van der Waals surface area contributed by atoms with E-state index in [1.807, 2.05) is 0 Å². The zero-order chi connectivity index (χ0) is 11.0. The van der Waals surface area contributed by atoms with Crippen LogP contribution >= 0.6 is 0 Å². The van der Waals surface area contributed by atoms with Gasteiger partial charge in [0.2, 0.25) is 0 Å². The van der Waals surface area contributed by atoms with Crippen LogP contribution in [0.25, 0.3) is 0 Å². The highest BCUT2D eigenvalue weighted by Crippen LogP contribution is 2.32. The number of hydrogen-bond donors (Lipinski definition) is 1. The maximum absolute atomic E-state index is 11.5. The third kappa shape index (κ3) is 1.56. The Morgan fingerprint density at radius 3 is 2.73 bits per heavy atom. The lowest BCUT2D eigenvalue weighted by atomic mass is 9.90. The van der Waals surface area contributed by atoms with E-state index in [2.05, 4.69) is 0 Å². The molecule has 0 aromatic heterocycles. The summed E-state index contributed by atoms with van der Waals surface area (Å²) in [5.74, 6) is -0.451. The van der Waals surface area contributed by atoms with E-state index in [1.54, 1.807) is 0 Å². The number of hydrogen-bond acceptors (Lipinski definition) is 4. The topological polar surface area (TPSA) is 80.4 Å². The molecule has 0 radical (unpaired) electrons. The van der Waals surface area contributed by atoms with Gasteiger partial charge < -0.3 is 5.11 Å². The average molecular weight is 207 g/mol. The number of ketones is 1. The zero-order valence-corrected chi connectivity index (χ0v) is 7.90. The predicted molar refractivity (Wildman–Crippen MR) is 52.0 cm³/mol. The third-order valence-corrected chi connectivity index (χ3v) is 2.55. The van der Waals surface area contributed by atoms with E-state index < -0.39 is 10.6 Å². The van der Waals surface area contributed by atoms with Crippen molar-refractivity contribution in [1.29, 1.82) is 0 Å². The second-order valence-electron chi connectivity index (χ2n) is 3.53. The summed E-state index contributed by atoms with van der Waals surface area (Å²) in [6.07, 6.45) is 1.85. The van der Waals surface area contributed by atoms with Crippen molar-refractivity contribution < 1.29 is 14.8 Å². The van der Waals surface area contributed by atoms with E-state index >= 15 is 0 Å². The fourth-order valence-electron chi connectivity index (χ4n) is 1.81. The Bertz CT molecular complexity index is 453. The van der Waals surface area contributed by atoms with E-state index in [1.165, 1.54) is 12.1 Å². The number of carbonyl (C=O) groups is 1. The Kier molecular flexibility index (Phi) is 2.15. The van der Waals surface area contributed by atoms with Crippen LogP contribution in [0.1, 0.15) is 28.8 Å². The standard InChI is InChI=1S/C10H9NO4/c12-9-3-1-2-6-4-10(13)8(11(14)15)5-7(6)9/h4-5,13H,1-3H2. The minimum atomic E-state index is -0.683. The van der Waals surface area contributed by atoms with Crippen LogP contribution < -0.4 is 0 Å². The number of nitrogens with zero attached hydrogens (tertiary/aromatic N) is 1. The number of aryl methyl sites for hydroxylation is 1. The molecule has 1 aromatic rings. The summed E-state index contributed by atoms with van der Waals surface area (Å²) >= 11 is 0. The van der Waals surface area contributed by atoms with Crippen molar-refractivity contribution in [3.63, 3.8) is 0 Å². The molecule has 5 heteroatoms. The van der Waals surface area contributed by atoms with Gasteiger partial charge in [-0.05, 0) is 24.5 Å². The molecule has 15 heavy (non-hydrogen) atoms. The molecular formula is C10H9NO4. The lowest BCUT2D eigenvalue weighted by Crippen LogP contribution is -2.11. The predicted octanol–water partition coefficient (Wildman–Crippen LogP) is 1.82. The van der Waals surface area contributed by atoms with Crippen molar-refractivity contribution in [2.24, 2.45) is 0 Å². The van der Waals surface area contributed by atoms with Crippen molar-refractivity contribution in [3.05, 3.63) is 33.4 Å². The Hall–Kier alpha value is -1.91. The van der Waals surface area contributed by atoms with Crippen LogP contribution in [0, 0.1) is 10.1 Å². The molecule has 1 aromatic carbocycles. The number of carbonyl (C=O) groups excluding carboxylic acids is 1. The molecule has 0 aliphatic heterocycles. The second kappa shape index (κ2) is 3.34. The van der Waals surface area contributed by atoms with E-state index in [0.29, 0.717) is 24.0 Å². The fourth-order valence-corrected chi connectivity index (χ4v) is 1.81. The molecule has 0 saturated heterocycles. The monoisotopic (exact) mass is 207 g/mol. The van der Waals surface area contributed by atoms with Gasteiger partial charge in [-0.3, -0.25) is 14.9 Å². The van der Waals surface area contributed by atoms with Crippen LogP contribution in [0.4, 0.5) is 5.69 Å². The molecule has 0 amide bonds. The lowest BCUT2D eigenvalue weighted by molar-refractivity contribution is -0.385. The number of fused-ring (bicyclic) bond motifs is 1. The molecule has 0 spiro atoms. The second-order valence-corrected chi connectivity index (χ2v) is 3.53. The van der Waals surface area contributed by atoms with Gasteiger partial charge in [-0.15, -0.1) is 0 Å². The van der Waals surface area contributed by atoms with Gasteiger partial charge in [0.25, 0.3) is 0 Å². The number of phenolic OH excluding ortho intramolecular Hbond substituents is 1. The van der Waals surface area contributed by atoms with Crippen LogP contribution in [-0.2, 0) is 6.42 Å². The summed E-state index contributed by atoms with van der Waals surface area (Å²) in [6.45, 7) is 0. The van der Waals surface area contributed by atoms with Gasteiger partial charge in [0.1, 0.15) is 0 Å². The quantitative estimate of drug-likeness (QED) is 0.562. The number of aromatic hydroxyl groups is 1. The number of nitro groups is 1. The molecule has 78 valence electrons. The molecular weight excluding hydrogens is 198 g/mol. The van der Waals surface area contributed by atoms with Gasteiger partial charge in [0.15, 0.2) is 11.5 Å². The van der Waals surface area contributed by atoms with Crippen molar-refractivity contribution in [2.75, 3.05) is 0 Å². The van der Waals surface area contributed by atoms with Crippen molar-refractivity contribution >= 4 is 11.5 Å². The maximum Gasteiger partial charge on any atom is 0.311 e. The SMILES string of the molecule is O=C1CCCc2cc(O)c([N+](=O)[O-])cc21. The largest absolute Gasteiger partial charge is 0.502 e. The normalized spacial score (nSPS) is 14.8. The van der Waals surface area contributed by atoms with Crippen LogP contribution in [0.5, 0.6) is 5.75 Å². The summed E-state index contributed by atoms with van der Waals surface area (Å²) in [6, 6.07) is 2.50. The van der Waals surface area contributed by atoms with E-state index in [4.69, 9.17) is 0 Å². The van der Waals surface area contributed by atoms with Gasteiger partial charge in [0.05, 0.1) is 4.92 Å². The summed E-state index contributed by atoms with van der Waals surface area (Å²) in [5, 5.41) is 19.9. The first-order valence-corrected chi connectivity index (χ1v) is 4.63. The first kappa shape index (κ1) is 9.64. The summed E-state index contributed by atoms with van der Waals surface area (Å²) in [5.41, 5.74) is 0.684. The molecule has 0 fully saturated rings. The van der Waals surface area contributed by atoms with E-state index in [9.17, 15) is 20.0 Å². The number of nitro benzene ring substituents is 1. The van der Waals surface area contributed by atoms with Crippen LogP contribution in [0.3, 0.4) is 0 Å². The number of Topliss-reactive ketones (excluding diaryl/α,β-unsaturated/α-hetero) is 1. The van der Waals surface area contributed by atoms with Gasteiger partial charge in [-0.2, -0.15) is 0 Å². The van der Waals surface area contributed by atoms with E-state index in [-0.39, 0.29) is 11.5 Å². The summed E-state index contributed by atoms with van der Waals surface area (Å²) in [7, 11) is 0. The highest BCUT2D eigenvalue weighted by atomic mass is 16.6. The third-order valence-electron chi connectivity index (χ3n) is 2.55. The number of rotatable bonds is 1. The molecule has 0 saturated carbocycles. The Balaban J connectivity index is 2.60. The minimum Gasteiger partial charge on any atom is -0.502 e. The zero-order valence-electron chi connectivity index (χ0n) is 7.90. The molecule has 0 heterocycles. The average Bonchev–Trinajstić information content (AvgIpc) is 2.16. The van der Waals surface area contributed by atoms with Crippen molar-refractivity contribution in [2.45, 2.75) is 19.3 Å². The molecule has 0 bridgehead atoms. The highest BCUT2D eigenvalue weighted by Gasteiger charge is 2.23. The Morgan fingerprint density at radius 1 is 1.33 bits per heavy atom. The van der Waals surface area contributed by atoms with E-state index in [0.717, 1.165) is 6.42 Å². The molecule has 1 aliphatic rings. The van der Waals surface area contributed by atoms with Crippen LogP contribution in [-0.4, -0.2) is 15.8 Å². The number of phenols is 1. The van der Waals surface area contributed by atoms with Crippen LogP contribution in [0.2, 0.25) is 0 Å². The summed E-state index contributed by atoms with van der Waals surface area (Å²) in [4.78, 5) is 21.3. The maximum atomic E-state index is 11.5. The molecule has 1 aliphatic carbocycles. The molecule has 0 unspecified atom stereocenters. The van der Waals surface area contributed by atoms with Gasteiger partial charge >= 0.3 is 5.69 Å². The van der Waals surface area contributed by atoms with Crippen molar-refractivity contribution in [3.8, 4) is 5.75 Å². The van der Waals surface area contributed by atoms with Gasteiger partial charge in [0, 0.05) is 18.1 Å². The molecule has 1 N–H and O–H groups in total. The fraction of sp³-hybridized carbons (Fsp3) is 0.300. The highest BCUT2D eigenvalue weighted by molar-refractivity contribution is 5.99. The van der Waals surface area contributed by atoms with Crippen LogP contribution in [0.15, 0.2) is 12.1 Å². The Labute approximate surface area is 85.5 Å². The minimum absolute atomic E-state index is 0.0839. The molecule has 5 nitrogen and oxygen atoms in total. The van der Waals surface area contributed by atoms with Gasteiger partial charge in [-0.25, -0.2) is 0 Å². The van der Waals surface area contributed by atoms with Gasteiger partial charge in [-0.1, -0.05) is 0 Å². The first-order chi connectivity index (χ1) is 7.09. The summed E-state index contributed by atoms with van der Waals surface area (Å²) < 4.78 is 0. The smallest absolute Gasteiger partial charge is 0.311 e. The first-order valence-electron chi connectivity index (χ1n) is 4.63. The van der Waals surface area contributed by atoms with Crippen molar-refractivity contribution in [1.82, 2.24) is 0 Å².